The molecule has 1 heterocycles. The zero-order chi connectivity index (χ0) is 19.9. The maximum Gasteiger partial charge on any atom is 0.238 e. The molecule has 0 fully saturated rings. The lowest BCUT2D eigenvalue weighted by atomic mass is 9.93. The number of benzene rings is 3. The highest BCUT2D eigenvalue weighted by molar-refractivity contribution is 7.89. The van der Waals surface area contributed by atoms with E-state index in [-0.39, 0.29) is 11.7 Å². The van der Waals surface area contributed by atoms with Crippen molar-refractivity contribution in [2.75, 3.05) is 25.8 Å². The number of anilines is 1. The number of hydrogen-bond donors (Lipinski definition) is 1. The summed E-state index contributed by atoms with van der Waals surface area (Å²) in [5, 5.41) is 5.22. The summed E-state index contributed by atoms with van der Waals surface area (Å²) in [6.45, 7) is 0.181. The van der Waals surface area contributed by atoms with Gasteiger partial charge in [0.05, 0.1) is 4.90 Å². The van der Waals surface area contributed by atoms with Gasteiger partial charge in [0.2, 0.25) is 16.8 Å². The second-order valence-corrected chi connectivity index (χ2v) is 8.33. The van der Waals surface area contributed by atoms with E-state index in [1.807, 2.05) is 49.3 Å². The molecule has 6 nitrogen and oxygen atoms in total. The summed E-state index contributed by atoms with van der Waals surface area (Å²) in [5.41, 5.74) is 4.84. The summed E-state index contributed by atoms with van der Waals surface area (Å²) < 4.78 is 34.2. The Kier molecular flexibility index (Phi) is 4.49. The van der Waals surface area contributed by atoms with Crippen LogP contribution in [0.1, 0.15) is 0 Å². The Bertz CT molecular complexity index is 1140. The summed E-state index contributed by atoms with van der Waals surface area (Å²) >= 11 is 0. The largest absolute Gasteiger partial charge is 0.454 e. The highest BCUT2D eigenvalue weighted by Crippen LogP contribution is 2.43. The molecule has 7 heteroatoms. The Labute approximate surface area is 164 Å². The van der Waals surface area contributed by atoms with E-state index in [4.69, 9.17) is 14.6 Å². The minimum atomic E-state index is -3.74. The molecule has 0 aliphatic carbocycles. The molecule has 0 aromatic heterocycles. The van der Waals surface area contributed by atoms with E-state index in [9.17, 15) is 8.42 Å². The van der Waals surface area contributed by atoms with Crippen molar-refractivity contribution in [3.8, 4) is 33.8 Å². The summed E-state index contributed by atoms with van der Waals surface area (Å²) in [4.78, 5) is 2.12. The van der Waals surface area contributed by atoms with E-state index in [0.717, 1.165) is 27.9 Å². The quantitative estimate of drug-likeness (QED) is 0.730. The zero-order valence-corrected chi connectivity index (χ0v) is 16.4. The molecule has 0 amide bonds. The first-order valence-corrected chi connectivity index (χ1v) is 10.2. The number of ether oxygens (including phenoxy) is 2. The normalized spacial score (nSPS) is 12.8. The van der Waals surface area contributed by atoms with Crippen molar-refractivity contribution in [1.82, 2.24) is 0 Å². The minimum absolute atomic E-state index is 0.0770. The number of rotatable bonds is 4. The molecule has 0 unspecified atom stereocenters. The summed E-state index contributed by atoms with van der Waals surface area (Å²) in [6, 6.07) is 18.6. The van der Waals surface area contributed by atoms with Gasteiger partial charge in [-0.15, -0.1) is 0 Å². The first-order valence-electron chi connectivity index (χ1n) is 8.67. The van der Waals surface area contributed by atoms with Gasteiger partial charge in [-0.25, -0.2) is 13.6 Å². The van der Waals surface area contributed by atoms with Crippen molar-refractivity contribution in [3.05, 3.63) is 60.7 Å². The van der Waals surface area contributed by atoms with Crippen molar-refractivity contribution < 1.29 is 17.9 Å². The number of nitrogens with two attached hydrogens (primary N) is 1. The molecular formula is C21H20N2O4S. The molecule has 0 saturated heterocycles. The highest BCUT2D eigenvalue weighted by Gasteiger charge is 2.20. The first kappa shape index (κ1) is 18.3. The van der Waals surface area contributed by atoms with E-state index in [1.165, 1.54) is 12.1 Å². The third-order valence-corrected chi connectivity index (χ3v) is 5.61. The minimum Gasteiger partial charge on any atom is -0.454 e. The number of sulfonamides is 1. The third kappa shape index (κ3) is 3.42. The Hall–Kier alpha value is -3.03. The summed E-state index contributed by atoms with van der Waals surface area (Å²) in [7, 11) is 0.244. The van der Waals surface area contributed by atoms with Crippen LogP contribution < -0.4 is 19.5 Å². The molecule has 3 aromatic carbocycles. The fourth-order valence-electron chi connectivity index (χ4n) is 3.20. The van der Waals surface area contributed by atoms with Gasteiger partial charge < -0.3 is 14.4 Å². The topological polar surface area (TPSA) is 81.9 Å². The Morgan fingerprint density at radius 3 is 2.04 bits per heavy atom. The van der Waals surface area contributed by atoms with Gasteiger partial charge in [-0.1, -0.05) is 24.3 Å². The van der Waals surface area contributed by atoms with Gasteiger partial charge in [-0.3, -0.25) is 0 Å². The molecule has 0 atom stereocenters. The van der Waals surface area contributed by atoms with Crippen LogP contribution in [0.25, 0.3) is 22.3 Å². The van der Waals surface area contributed by atoms with Crippen LogP contribution in [0.2, 0.25) is 0 Å². The van der Waals surface area contributed by atoms with Gasteiger partial charge in [0.25, 0.3) is 0 Å². The van der Waals surface area contributed by atoms with Gasteiger partial charge in [-0.05, 0) is 58.7 Å². The predicted molar refractivity (Wildman–Crippen MR) is 109 cm³/mol. The van der Waals surface area contributed by atoms with Crippen LogP contribution in [0.3, 0.4) is 0 Å². The molecule has 4 rings (SSSR count). The Morgan fingerprint density at radius 2 is 1.46 bits per heavy atom. The molecule has 1 aliphatic heterocycles. The maximum atomic E-state index is 11.6. The van der Waals surface area contributed by atoms with Crippen molar-refractivity contribution in [2.45, 2.75) is 4.90 Å². The highest BCUT2D eigenvalue weighted by atomic mass is 32.2. The van der Waals surface area contributed by atoms with Crippen LogP contribution in [0.5, 0.6) is 11.5 Å². The smallest absolute Gasteiger partial charge is 0.238 e. The predicted octanol–water partition coefficient (Wildman–Crippen LogP) is 3.46. The van der Waals surface area contributed by atoms with Gasteiger partial charge in [0.15, 0.2) is 11.5 Å². The van der Waals surface area contributed by atoms with E-state index in [1.54, 1.807) is 12.1 Å². The van der Waals surface area contributed by atoms with Crippen molar-refractivity contribution in [3.63, 3.8) is 0 Å². The molecule has 0 bridgehead atoms. The van der Waals surface area contributed by atoms with Gasteiger partial charge >= 0.3 is 0 Å². The van der Waals surface area contributed by atoms with Crippen molar-refractivity contribution in [2.24, 2.45) is 5.14 Å². The average molecular weight is 396 g/mol. The van der Waals surface area contributed by atoms with Crippen molar-refractivity contribution >= 4 is 15.7 Å². The Morgan fingerprint density at radius 1 is 0.857 bits per heavy atom. The SMILES string of the molecule is CN(C)c1cccc(-c2cc3c(cc2-c2ccc(S(N)(=O)=O)cc2)OCO3)c1. The van der Waals surface area contributed by atoms with Crippen LogP contribution in [0, 0.1) is 0 Å². The molecule has 28 heavy (non-hydrogen) atoms. The van der Waals surface area contributed by atoms with Crippen LogP contribution in [-0.2, 0) is 10.0 Å². The number of nitrogens with zero attached hydrogens (tertiary/aromatic N) is 1. The fraction of sp³-hybridized carbons (Fsp3) is 0.143. The average Bonchev–Trinajstić information content (AvgIpc) is 3.14. The standard InChI is InChI=1S/C21H20N2O4S/c1-23(2)16-5-3-4-15(10-16)19-12-21-20(26-13-27-21)11-18(19)14-6-8-17(9-7-14)28(22,24)25/h3-12H,13H2,1-2H3,(H2,22,24,25). The van der Waals surface area contributed by atoms with E-state index in [0.29, 0.717) is 11.5 Å². The fourth-order valence-corrected chi connectivity index (χ4v) is 3.71. The molecule has 144 valence electrons. The monoisotopic (exact) mass is 396 g/mol. The van der Waals surface area contributed by atoms with Crippen LogP contribution in [-0.4, -0.2) is 29.3 Å². The molecule has 0 saturated carbocycles. The second kappa shape index (κ2) is 6.85. The van der Waals surface area contributed by atoms with Crippen LogP contribution in [0.4, 0.5) is 5.69 Å². The number of primary sulfonamides is 1. The summed E-state index contributed by atoms with van der Waals surface area (Å²) in [5.74, 6) is 1.35. The lowest BCUT2D eigenvalue weighted by Crippen LogP contribution is -2.11. The van der Waals surface area contributed by atoms with Gasteiger partial charge in [0, 0.05) is 19.8 Å². The molecule has 3 aromatic rings. The van der Waals surface area contributed by atoms with Crippen LogP contribution >= 0.6 is 0 Å². The van der Waals surface area contributed by atoms with E-state index < -0.39 is 10.0 Å². The third-order valence-electron chi connectivity index (χ3n) is 4.68. The first-order chi connectivity index (χ1) is 13.3. The van der Waals surface area contributed by atoms with Gasteiger partial charge in [-0.2, -0.15) is 0 Å². The van der Waals surface area contributed by atoms with Gasteiger partial charge in [0.1, 0.15) is 0 Å². The molecule has 0 spiro atoms. The second-order valence-electron chi connectivity index (χ2n) is 6.77. The van der Waals surface area contributed by atoms with Crippen molar-refractivity contribution in [1.29, 1.82) is 0 Å². The lowest BCUT2D eigenvalue weighted by Gasteiger charge is -2.16. The van der Waals surface area contributed by atoms with E-state index >= 15 is 0 Å². The maximum absolute atomic E-state index is 11.6. The lowest BCUT2D eigenvalue weighted by molar-refractivity contribution is 0.174. The molecule has 2 N–H and O–H groups in total. The number of hydrogen-bond acceptors (Lipinski definition) is 5. The summed E-state index contributed by atoms with van der Waals surface area (Å²) in [6.07, 6.45) is 0. The number of fused-ring (bicyclic) bond motifs is 1. The van der Waals surface area contributed by atoms with E-state index in [2.05, 4.69) is 6.07 Å². The zero-order valence-electron chi connectivity index (χ0n) is 15.5. The molecular weight excluding hydrogens is 376 g/mol. The molecule has 0 radical (unpaired) electrons. The van der Waals surface area contributed by atoms with Crippen LogP contribution in [0.15, 0.2) is 65.6 Å². The Balaban J connectivity index is 1.89. The molecule has 1 aliphatic rings.